The Balaban J connectivity index is 1.75. The molecule has 1 fully saturated rings. The number of hydrogen-bond acceptors (Lipinski definition) is 3. The van der Waals surface area contributed by atoms with Gasteiger partial charge in [-0.1, -0.05) is 5.92 Å². The van der Waals surface area contributed by atoms with Gasteiger partial charge in [0.05, 0.1) is 6.54 Å². The van der Waals surface area contributed by atoms with Crippen LogP contribution in [-0.4, -0.2) is 30.6 Å². The van der Waals surface area contributed by atoms with Gasteiger partial charge in [-0.25, -0.2) is 0 Å². The lowest BCUT2D eigenvalue weighted by atomic mass is 10.3. The van der Waals surface area contributed by atoms with Gasteiger partial charge in [0.1, 0.15) is 0 Å². The molecule has 1 aromatic heterocycles. The fourth-order valence-electron chi connectivity index (χ4n) is 1.83. The Morgan fingerprint density at radius 1 is 1.56 bits per heavy atom. The average Bonchev–Trinajstić information content (AvgIpc) is 3.02. The van der Waals surface area contributed by atoms with Gasteiger partial charge in [-0.2, -0.15) is 11.3 Å². The molecule has 86 valence electrons. The van der Waals surface area contributed by atoms with Crippen molar-refractivity contribution in [2.45, 2.75) is 25.4 Å². The second-order valence-corrected chi connectivity index (χ2v) is 4.99. The van der Waals surface area contributed by atoms with Gasteiger partial charge in [-0.3, -0.25) is 4.90 Å². The van der Waals surface area contributed by atoms with Gasteiger partial charge in [-0.15, -0.1) is 6.42 Å². The molecule has 0 atom stereocenters. The maximum Gasteiger partial charge on any atom is 0.0574 e. The van der Waals surface area contributed by atoms with Crippen LogP contribution in [0.1, 0.15) is 18.4 Å². The number of terminal acetylenes is 1. The van der Waals surface area contributed by atoms with Crippen molar-refractivity contribution in [2.75, 3.05) is 19.6 Å². The van der Waals surface area contributed by atoms with Crippen LogP contribution in [0.25, 0.3) is 0 Å². The molecular weight excluding hydrogens is 216 g/mol. The van der Waals surface area contributed by atoms with E-state index in [1.165, 1.54) is 18.4 Å². The Hall–Kier alpha value is -0.820. The van der Waals surface area contributed by atoms with E-state index in [1.807, 2.05) is 0 Å². The van der Waals surface area contributed by atoms with Crippen molar-refractivity contribution in [1.29, 1.82) is 0 Å². The summed E-state index contributed by atoms with van der Waals surface area (Å²) in [5.41, 5.74) is 1.44. The first-order valence-corrected chi connectivity index (χ1v) is 6.73. The Morgan fingerprint density at radius 3 is 3.06 bits per heavy atom. The lowest BCUT2D eigenvalue weighted by molar-refractivity contribution is 0.256. The molecular formula is C13H18N2S. The SMILES string of the molecule is C#CCNCCN(Cc1ccsc1)C1CC1. The zero-order valence-corrected chi connectivity index (χ0v) is 10.3. The summed E-state index contributed by atoms with van der Waals surface area (Å²) in [7, 11) is 0. The van der Waals surface area contributed by atoms with Gasteiger partial charge in [0.25, 0.3) is 0 Å². The highest BCUT2D eigenvalue weighted by Gasteiger charge is 2.28. The van der Waals surface area contributed by atoms with E-state index >= 15 is 0 Å². The highest BCUT2D eigenvalue weighted by Crippen LogP contribution is 2.28. The van der Waals surface area contributed by atoms with Crippen LogP contribution in [0.5, 0.6) is 0 Å². The molecule has 1 aliphatic carbocycles. The number of hydrogen-bond donors (Lipinski definition) is 1. The molecule has 2 nitrogen and oxygen atoms in total. The van der Waals surface area contributed by atoms with Crippen LogP contribution < -0.4 is 5.32 Å². The van der Waals surface area contributed by atoms with Gasteiger partial charge >= 0.3 is 0 Å². The highest BCUT2D eigenvalue weighted by molar-refractivity contribution is 7.07. The van der Waals surface area contributed by atoms with Crippen LogP contribution >= 0.6 is 11.3 Å². The number of rotatable bonds is 7. The number of thiophene rings is 1. The Morgan fingerprint density at radius 2 is 2.44 bits per heavy atom. The predicted octanol–water partition coefficient (Wildman–Crippen LogP) is 1.94. The quantitative estimate of drug-likeness (QED) is 0.573. The molecule has 16 heavy (non-hydrogen) atoms. The van der Waals surface area contributed by atoms with Crippen LogP contribution in [0.15, 0.2) is 16.8 Å². The fourth-order valence-corrected chi connectivity index (χ4v) is 2.49. The second-order valence-electron chi connectivity index (χ2n) is 4.21. The fraction of sp³-hybridized carbons (Fsp3) is 0.538. The standard InChI is InChI=1S/C13H18N2S/c1-2-6-14-7-8-15(13-3-4-13)10-12-5-9-16-11-12/h1,5,9,11,13-14H,3-4,6-8,10H2. The third-order valence-electron chi connectivity index (χ3n) is 2.83. The molecule has 0 aromatic carbocycles. The number of nitrogens with one attached hydrogen (secondary N) is 1. The first kappa shape index (κ1) is 11.7. The molecule has 3 heteroatoms. The van der Waals surface area contributed by atoms with Crippen LogP contribution in [-0.2, 0) is 6.54 Å². The van der Waals surface area contributed by atoms with E-state index in [0.29, 0.717) is 6.54 Å². The third kappa shape index (κ3) is 3.64. The normalized spacial score (nSPS) is 15.2. The summed E-state index contributed by atoms with van der Waals surface area (Å²) in [6.07, 6.45) is 7.92. The summed E-state index contributed by atoms with van der Waals surface area (Å²) in [5, 5.41) is 7.64. The number of nitrogens with zero attached hydrogens (tertiary/aromatic N) is 1. The molecule has 0 amide bonds. The highest BCUT2D eigenvalue weighted by atomic mass is 32.1. The minimum Gasteiger partial charge on any atom is -0.305 e. The summed E-state index contributed by atoms with van der Waals surface area (Å²) >= 11 is 1.78. The largest absolute Gasteiger partial charge is 0.305 e. The van der Waals surface area contributed by atoms with Crippen molar-refractivity contribution in [3.05, 3.63) is 22.4 Å². The van der Waals surface area contributed by atoms with E-state index in [-0.39, 0.29) is 0 Å². The van der Waals surface area contributed by atoms with Crippen LogP contribution in [0.3, 0.4) is 0 Å². The molecule has 1 saturated carbocycles. The third-order valence-corrected chi connectivity index (χ3v) is 3.56. The second kappa shape index (κ2) is 6.05. The maximum atomic E-state index is 5.20. The van der Waals surface area contributed by atoms with E-state index in [1.54, 1.807) is 11.3 Å². The lowest BCUT2D eigenvalue weighted by Crippen LogP contribution is -2.33. The Bertz CT molecular complexity index is 335. The van der Waals surface area contributed by atoms with Gasteiger partial charge < -0.3 is 5.32 Å². The molecule has 2 rings (SSSR count). The van der Waals surface area contributed by atoms with Gasteiger partial charge in [-0.05, 0) is 35.2 Å². The van der Waals surface area contributed by atoms with Crippen LogP contribution in [0, 0.1) is 12.3 Å². The molecule has 0 radical (unpaired) electrons. The van der Waals surface area contributed by atoms with Crippen molar-refractivity contribution < 1.29 is 0 Å². The minimum atomic E-state index is 0.678. The zero-order chi connectivity index (χ0) is 11.2. The van der Waals surface area contributed by atoms with Crippen LogP contribution in [0.2, 0.25) is 0 Å². The topological polar surface area (TPSA) is 15.3 Å². The molecule has 0 spiro atoms. The van der Waals surface area contributed by atoms with Gasteiger partial charge in [0, 0.05) is 25.7 Å². The van der Waals surface area contributed by atoms with Crippen molar-refractivity contribution in [1.82, 2.24) is 10.2 Å². The van der Waals surface area contributed by atoms with E-state index in [9.17, 15) is 0 Å². The summed E-state index contributed by atoms with van der Waals surface area (Å²) < 4.78 is 0. The first-order valence-electron chi connectivity index (χ1n) is 5.79. The summed E-state index contributed by atoms with van der Waals surface area (Å²) in [5.74, 6) is 2.60. The Labute approximate surface area is 102 Å². The van der Waals surface area contributed by atoms with Crippen LogP contribution in [0.4, 0.5) is 0 Å². The predicted molar refractivity (Wildman–Crippen MR) is 69.5 cm³/mol. The van der Waals surface area contributed by atoms with E-state index in [2.05, 4.69) is 33.0 Å². The molecule has 1 aromatic rings. The van der Waals surface area contributed by atoms with Gasteiger partial charge in [0.15, 0.2) is 0 Å². The van der Waals surface area contributed by atoms with E-state index in [0.717, 1.165) is 25.7 Å². The average molecular weight is 234 g/mol. The molecule has 0 bridgehead atoms. The molecule has 0 unspecified atom stereocenters. The van der Waals surface area contributed by atoms with Crippen molar-refractivity contribution >= 4 is 11.3 Å². The first-order chi connectivity index (χ1) is 7.90. The van der Waals surface area contributed by atoms with Crippen molar-refractivity contribution in [2.24, 2.45) is 0 Å². The summed E-state index contributed by atoms with van der Waals surface area (Å²) in [6, 6.07) is 3.03. The van der Waals surface area contributed by atoms with E-state index in [4.69, 9.17) is 6.42 Å². The molecule has 0 aliphatic heterocycles. The summed E-state index contributed by atoms with van der Waals surface area (Å²) in [6.45, 7) is 3.86. The molecule has 1 aliphatic rings. The zero-order valence-electron chi connectivity index (χ0n) is 9.48. The van der Waals surface area contributed by atoms with Crippen molar-refractivity contribution in [3.63, 3.8) is 0 Å². The monoisotopic (exact) mass is 234 g/mol. The van der Waals surface area contributed by atoms with Gasteiger partial charge in [0.2, 0.25) is 0 Å². The Kier molecular flexibility index (Phi) is 4.41. The maximum absolute atomic E-state index is 5.20. The summed E-state index contributed by atoms with van der Waals surface area (Å²) in [4.78, 5) is 2.56. The van der Waals surface area contributed by atoms with Crippen molar-refractivity contribution in [3.8, 4) is 12.3 Å². The smallest absolute Gasteiger partial charge is 0.0574 e. The molecule has 1 N–H and O–H groups in total. The van der Waals surface area contributed by atoms with E-state index < -0.39 is 0 Å². The molecule has 0 saturated heterocycles. The molecule has 1 heterocycles. The lowest BCUT2D eigenvalue weighted by Gasteiger charge is -2.21. The minimum absolute atomic E-state index is 0.678.